The topological polar surface area (TPSA) is 35.5 Å². The Bertz CT molecular complexity index is 398. The minimum absolute atomic E-state index is 0.295. The third kappa shape index (κ3) is 5.43. The maximum absolute atomic E-state index is 8.83. The molecule has 1 atom stereocenters. The van der Waals surface area contributed by atoms with Gasteiger partial charge in [0.25, 0.3) is 0 Å². The smallest absolute Gasteiger partial charge is 0.0431 e. The second-order valence-electron chi connectivity index (χ2n) is 5.19. The molecule has 1 rings (SSSR count). The average molecular weight is 343 g/mol. The largest absolute Gasteiger partial charge is 0.396 e. The molecule has 0 radical (unpaired) electrons. The molecule has 0 aliphatic carbocycles. The molecule has 20 heavy (non-hydrogen) atoms. The van der Waals surface area contributed by atoms with Crippen LogP contribution in [0.2, 0.25) is 0 Å². The lowest BCUT2D eigenvalue weighted by Crippen LogP contribution is -2.24. The monoisotopic (exact) mass is 342 g/mol. The summed E-state index contributed by atoms with van der Waals surface area (Å²) >= 11 is 3.57. The summed E-state index contributed by atoms with van der Waals surface area (Å²) < 4.78 is 1.11. The quantitative estimate of drug-likeness (QED) is 0.671. The van der Waals surface area contributed by atoms with Gasteiger partial charge in [-0.2, -0.15) is 0 Å². The van der Waals surface area contributed by atoms with Crippen molar-refractivity contribution in [2.24, 2.45) is 0 Å². The highest BCUT2D eigenvalue weighted by Gasteiger charge is 2.13. The number of nitrogens with one attached hydrogen (secondary N) is 1. The molecule has 3 nitrogen and oxygen atoms in total. The van der Waals surface area contributed by atoms with E-state index in [-0.39, 0.29) is 0 Å². The predicted octanol–water partition coefficient (Wildman–Crippen LogP) is 3.72. The van der Waals surface area contributed by atoms with Gasteiger partial charge in [-0.25, -0.2) is 0 Å². The van der Waals surface area contributed by atoms with Gasteiger partial charge in [-0.1, -0.05) is 28.9 Å². The highest BCUT2D eigenvalue weighted by molar-refractivity contribution is 9.10. The third-order valence-corrected chi connectivity index (χ3v) is 4.03. The zero-order valence-electron chi connectivity index (χ0n) is 12.8. The fourth-order valence-corrected chi connectivity index (χ4v) is 2.74. The summed E-state index contributed by atoms with van der Waals surface area (Å²) in [5, 5.41) is 12.3. The van der Waals surface area contributed by atoms with Gasteiger partial charge in [0.2, 0.25) is 0 Å². The van der Waals surface area contributed by atoms with Gasteiger partial charge in [-0.05, 0) is 50.4 Å². The fraction of sp³-hybridized carbons (Fsp3) is 0.625. The molecule has 0 aromatic heterocycles. The number of aliphatic hydroxyl groups is 1. The standard InChI is InChI=1S/C16H27BrN2O/c1-4-18-13(2)15-9-8-14(17)12-16(15)19(3)10-6-5-7-11-20/h8-9,12-13,18,20H,4-7,10-11H2,1-3H3. The Morgan fingerprint density at radius 2 is 2.05 bits per heavy atom. The summed E-state index contributed by atoms with van der Waals surface area (Å²) in [4.78, 5) is 2.31. The molecule has 0 aliphatic rings. The molecule has 0 heterocycles. The molecule has 0 spiro atoms. The van der Waals surface area contributed by atoms with Crippen LogP contribution in [0.15, 0.2) is 22.7 Å². The Kier molecular flexibility index (Phi) is 8.19. The van der Waals surface area contributed by atoms with Crippen LogP contribution in [-0.4, -0.2) is 31.9 Å². The SMILES string of the molecule is CCNC(C)c1ccc(Br)cc1N(C)CCCCCO. The number of hydrogen-bond acceptors (Lipinski definition) is 3. The summed E-state index contributed by atoms with van der Waals surface area (Å²) in [6.07, 6.45) is 3.08. The lowest BCUT2D eigenvalue weighted by molar-refractivity contribution is 0.283. The first-order valence-corrected chi connectivity index (χ1v) is 8.24. The van der Waals surface area contributed by atoms with Gasteiger partial charge in [-0.15, -0.1) is 0 Å². The van der Waals surface area contributed by atoms with Crippen LogP contribution < -0.4 is 10.2 Å². The van der Waals surface area contributed by atoms with E-state index in [2.05, 4.69) is 65.2 Å². The molecule has 0 bridgehead atoms. The highest BCUT2D eigenvalue weighted by Crippen LogP contribution is 2.29. The van der Waals surface area contributed by atoms with Gasteiger partial charge < -0.3 is 15.3 Å². The number of benzene rings is 1. The summed E-state index contributed by atoms with van der Waals surface area (Å²) in [6, 6.07) is 6.83. The van der Waals surface area contributed by atoms with E-state index in [9.17, 15) is 0 Å². The van der Waals surface area contributed by atoms with E-state index < -0.39 is 0 Å². The molecule has 0 aliphatic heterocycles. The van der Waals surface area contributed by atoms with Crippen molar-refractivity contribution < 1.29 is 5.11 Å². The second kappa shape index (κ2) is 9.37. The molecule has 0 fully saturated rings. The lowest BCUT2D eigenvalue weighted by atomic mass is 10.0. The molecule has 0 amide bonds. The molecule has 1 unspecified atom stereocenters. The van der Waals surface area contributed by atoms with E-state index in [1.165, 1.54) is 11.3 Å². The van der Waals surface area contributed by atoms with E-state index in [1.54, 1.807) is 0 Å². The van der Waals surface area contributed by atoms with E-state index in [1.807, 2.05) is 0 Å². The molecular weight excluding hydrogens is 316 g/mol. The van der Waals surface area contributed by atoms with Crippen molar-refractivity contribution in [3.8, 4) is 0 Å². The van der Waals surface area contributed by atoms with Gasteiger partial charge in [0.15, 0.2) is 0 Å². The van der Waals surface area contributed by atoms with Crippen LogP contribution in [0.25, 0.3) is 0 Å². The van der Waals surface area contributed by atoms with Crippen LogP contribution >= 0.6 is 15.9 Å². The molecular formula is C16H27BrN2O. The van der Waals surface area contributed by atoms with Crippen LogP contribution in [0.3, 0.4) is 0 Å². The first-order valence-electron chi connectivity index (χ1n) is 7.45. The van der Waals surface area contributed by atoms with Gasteiger partial charge >= 0.3 is 0 Å². The normalized spacial score (nSPS) is 12.4. The average Bonchev–Trinajstić information content (AvgIpc) is 2.43. The number of aliphatic hydroxyl groups excluding tert-OH is 1. The molecule has 4 heteroatoms. The van der Waals surface area contributed by atoms with Crippen molar-refractivity contribution in [2.45, 2.75) is 39.2 Å². The first kappa shape index (κ1) is 17.5. The van der Waals surface area contributed by atoms with Crippen molar-refractivity contribution in [1.82, 2.24) is 5.32 Å². The summed E-state index contributed by atoms with van der Waals surface area (Å²) in [7, 11) is 2.14. The van der Waals surface area contributed by atoms with E-state index in [0.29, 0.717) is 12.6 Å². The molecule has 1 aromatic rings. The van der Waals surface area contributed by atoms with Crippen molar-refractivity contribution in [1.29, 1.82) is 0 Å². The summed E-state index contributed by atoms with van der Waals surface area (Å²) in [5.74, 6) is 0. The number of nitrogens with zero attached hydrogens (tertiary/aromatic N) is 1. The predicted molar refractivity (Wildman–Crippen MR) is 90.4 cm³/mol. The molecule has 2 N–H and O–H groups in total. The van der Waals surface area contributed by atoms with Crippen molar-refractivity contribution in [3.05, 3.63) is 28.2 Å². The summed E-state index contributed by atoms with van der Waals surface area (Å²) in [6.45, 7) is 6.62. The number of hydrogen-bond donors (Lipinski definition) is 2. The van der Waals surface area contributed by atoms with Crippen LogP contribution in [0.1, 0.15) is 44.7 Å². The van der Waals surface area contributed by atoms with E-state index in [0.717, 1.165) is 36.8 Å². The van der Waals surface area contributed by atoms with E-state index >= 15 is 0 Å². The zero-order chi connectivity index (χ0) is 15.0. The first-order chi connectivity index (χ1) is 9.60. The van der Waals surface area contributed by atoms with Crippen LogP contribution in [0, 0.1) is 0 Å². The zero-order valence-corrected chi connectivity index (χ0v) is 14.4. The minimum Gasteiger partial charge on any atom is -0.396 e. The summed E-state index contributed by atoms with van der Waals surface area (Å²) in [5.41, 5.74) is 2.61. The van der Waals surface area contributed by atoms with Gasteiger partial charge in [0.1, 0.15) is 0 Å². The van der Waals surface area contributed by atoms with Crippen molar-refractivity contribution in [3.63, 3.8) is 0 Å². The number of rotatable bonds is 9. The number of halogens is 1. The lowest BCUT2D eigenvalue weighted by Gasteiger charge is -2.26. The van der Waals surface area contributed by atoms with Gasteiger partial charge in [0, 0.05) is 36.4 Å². The highest BCUT2D eigenvalue weighted by atomic mass is 79.9. The van der Waals surface area contributed by atoms with Crippen molar-refractivity contribution in [2.75, 3.05) is 31.6 Å². The molecule has 114 valence electrons. The van der Waals surface area contributed by atoms with Crippen LogP contribution in [0.5, 0.6) is 0 Å². The van der Waals surface area contributed by atoms with Gasteiger partial charge in [-0.3, -0.25) is 0 Å². The Morgan fingerprint density at radius 3 is 2.70 bits per heavy atom. The Hall–Kier alpha value is -0.580. The third-order valence-electron chi connectivity index (χ3n) is 3.53. The van der Waals surface area contributed by atoms with Crippen LogP contribution in [-0.2, 0) is 0 Å². The number of anilines is 1. The molecule has 1 aromatic carbocycles. The minimum atomic E-state index is 0.295. The maximum atomic E-state index is 8.83. The molecule has 0 saturated carbocycles. The number of unbranched alkanes of at least 4 members (excludes halogenated alkanes) is 2. The maximum Gasteiger partial charge on any atom is 0.0431 e. The van der Waals surface area contributed by atoms with E-state index in [4.69, 9.17) is 5.11 Å². The fourth-order valence-electron chi connectivity index (χ4n) is 2.39. The van der Waals surface area contributed by atoms with Gasteiger partial charge in [0.05, 0.1) is 0 Å². The van der Waals surface area contributed by atoms with Crippen LogP contribution in [0.4, 0.5) is 5.69 Å². The molecule has 0 saturated heterocycles. The second-order valence-corrected chi connectivity index (χ2v) is 6.10. The Balaban J connectivity index is 2.77. The van der Waals surface area contributed by atoms with Crippen molar-refractivity contribution >= 4 is 21.6 Å². The Labute approximate surface area is 131 Å². The Morgan fingerprint density at radius 1 is 1.30 bits per heavy atom.